The summed E-state index contributed by atoms with van der Waals surface area (Å²) in [5, 5.41) is 6.18. The van der Waals surface area contributed by atoms with Gasteiger partial charge in [-0.3, -0.25) is 4.79 Å². The number of hydrogen-bond donors (Lipinski definition) is 2. The predicted molar refractivity (Wildman–Crippen MR) is 82.2 cm³/mol. The molecule has 0 aliphatic heterocycles. The minimum Gasteiger partial charge on any atom is -0.493 e. The molecule has 1 rings (SSSR count). The van der Waals surface area contributed by atoms with Crippen LogP contribution in [0.2, 0.25) is 0 Å². The van der Waals surface area contributed by atoms with Crippen molar-refractivity contribution in [2.45, 2.75) is 33.7 Å². The summed E-state index contributed by atoms with van der Waals surface area (Å²) in [7, 11) is 0. The van der Waals surface area contributed by atoms with Gasteiger partial charge in [0.25, 0.3) is 5.91 Å². The van der Waals surface area contributed by atoms with Gasteiger partial charge in [0.05, 0.1) is 6.61 Å². The van der Waals surface area contributed by atoms with Crippen LogP contribution >= 0.6 is 0 Å². The maximum Gasteiger partial charge on any atom is 0.251 e. The van der Waals surface area contributed by atoms with Crippen LogP contribution in [-0.4, -0.2) is 31.6 Å². The minimum atomic E-state index is -0.0650. The lowest BCUT2D eigenvalue weighted by Crippen LogP contribution is -2.38. The van der Waals surface area contributed by atoms with Crippen LogP contribution in [0.4, 0.5) is 0 Å². The average molecular weight is 278 g/mol. The average Bonchev–Trinajstić information content (AvgIpc) is 2.43. The van der Waals surface area contributed by atoms with E-state index in [0.29, 0.717) is 24.6 Å². The summed E-state index contributed by atoms with van der Waals surface area (Å²) in [6.45, 7) is 10.5. The number of benzene rings is 1. The predicted octanol–water partition coefficient (Wildman–Crippen LogP) is 2.45. The Morgan fingerprint density at radius 3 is 2.70 bits per heavy atom. The monoisotopic (exact) mass is 278 g/mol. The van der Waals surface area contributed by atoms with E-state index in [1.807, 2.05) is 26.0 Å². The van der Waals surface area contributed by atoms with Gasteiger partial charge < -0.3 is 15.4 Å². The van der Waals surface area contributed by atoms with E-state index in [9.17, 15) is 4.79 Å². The van der Waals surface area contributed by atoms with Crippen molar-refractivity contribution in [2.24, 2.45) is 5.92 Å². The SMILES string of the molecule is CCN[C@H](C)CNC(=O)c1cccc(OCC(C)C)c1. The lowest BCUT2D eigenvalue weighted by atomic mass is 10.2. The van der Waals surface area contributed by atoms with Gasteiger partial charge >= 0.3 is 0 Å². The quantitative estimate of drug-likeness (QED) is 0.768. The van der Waals surface area contributed by atoms with Gasteiger partial charge in [-0.15, -0.1) is 0 Å². The Morgan fingerprint density at radius 1 is 1.30 bits per heavy atom. The van der Waals surface area contributed by atoms with Crippen LogP contribution in [0.25, 0.3) is 0 Å². The van der Waals surface area contributed by atoms with E-state index < -0.39 is 0 Å². The van der Waals surface area contributed by atoms with Crippen LogP contribution in [-0.2, 0) is 0 Å². The molecule has 0 bridgehead atoms. The van der Waals surface area contributed by atoms with Gasteiger partial charge in [-0.05, 0) is 37.6 Å². The molecule has 0 fully saturated rings. The summed E-state index contributed by atoms with van der Waals surface area (Å²) in [6.07, 6.45) is 0. The Morgan fingerprint density at radius 2 is 2.05 bits per heavy atom. The number of likely N-dealkylation sites (N-methyl/N-ethyl adjacent to an activating group) is 1. The zero-order chi connectivity index (χ0) is 15.0. The fourth-order valence-corrected chi connectivity index (χ4v) is 1.76. The lowest BCUT2D eigenvalue weighted by molar-refractivity contribution is 0.0949. The van der Waals surface area contributed by atoms with Crippen molar-refractivity contribution in [2.75, 3.05) is 19.7 Å². The molecule has 0 radical (unpaired) electrons. The summed E-state index contributed by atoms with van der Waals surface area (Å²) in [5.74, 6) is 1.14. The normalized spacial score (nSPS) is 12.2. The minimum absolute atomic E-state index is 0.0650. The van der Waals surface area contributed by atoms with E-state index in [4.69, 9.17) is 4.74 Å². The van der Waals surface area contributed by atoms with Gasteiger partial charge in [0.15, 0.2) is 0 Å². The van der Waals surface area contributed by atoms with E-state index in [0.717, 1.165) is 12.3 Å². The smallest absolute Gasteiger partial charge is 0.251 e. The first-order valence-corrected chi connectivity index (χ1v) is 7.27. The molecule has 0 unspecified atom stereocenters. The largest absolute Gasteiger partial charge is 0.493 e. The Hall–Kier alpha value is -1.55. The van der Waals surface area contributed by atoms with E-state index in [1.165, 1.54) is 0 Å². The molecule has 20 heavy (non-hydrogen) atoms. The zero-order valence-electron chi connectivity index (χ0n) is 12.9. The number of ether oxygens (including phenoxy) is 1. The van der Waals surface area contributed by atoms with Crippen LogP contribution in [0.1, 0.15) is 38.1 Å². The molecule has 4 nitrogen and oxygen atoms in total. The molecule has 0 heterocycles. The van der Waals surface area contributed by atoms with E-state index in [1.54, 1.807) is 12.1 Å². The van der Waals surface area contributed by atoms with Gasteiger partial charge in [-0.25, -0.2) is 0 Å². The molecule has 1 aromatic rings. The maximum atomic E-state index is 12.0. The molecule has 2 N–H and O–H groups in total. The summed E-state index contributed by atoms with van der Waals surface area (Å²) in [4.78, 5) is 12.0. The summed E-state index contributed by atoms with van der Waals surface area (Å²) >= 11 is 0. The van der Waals surface area contributed by atoms with Crippen molar-refractivity contribution in [3.05, 3.63) is 29.8 Å². The second kappa shape index (κ2) is 8.59. The Kier molecular flexibility index (Phi) is 7.09. The second-order valence-electron chi connectivity index (χ2n) is 5.40. The third-order valence-electron chi connectivity index (χ3n) is 2.80. The van der Waals surface area contributed by atoms with Crippen LogP contribution in [0, 0.1) is 5.92 Å². The second-order valence-corrected chi connectivity index (χ2v) is 5.40. The third-order valence-corrected chi connectivity index (χ3v) is 2.80. The van der Waals surface area contributed by atoms with Crippen molar-refractivity contribution in [1.82, 2.24) is 10.6 Å². The Labute approximate surface area is 121 Å². The first-order chi connectivity index (χ1) is 9.52. The van der Waals surface area contributed by atoms with Gasteiger partial charge in [0, 0.05) is 18.2 Å². The number of nitrogens with one attached hydrogen (secondary N) is 2. The molecule has 1 amide bonds. The molecule has 1 aromatic carbocycles. The van der Waals surface area contributed by atoms with Gasteiger partial charge in [-0.2, -0.15) is 0 Å². The van der Waals surface area contributed by atoms with Gasteiger partial charge in [0.1, 0.15) is 5.75 Å². The van der Waals surface area contributed by atoms with E-state index in [-0.39, 0.29) is 11.9 Å². The first-order valence-electron chi connectivity index (χ1n) is 7.27. The van der Waals surface area contributed by atoms with Crippen molar-refractivity contribution in [3.63, 3.8) is 0 Å². The molecule has 0 saturated heterocycles. The molecule has 112 valence electrons. The summed E-state index contributed by atoms with van der Waals surface area (Å²) in [5.41, 5.74) is 0.634. The highest BCUT2D eigenvalue weighted by Gasteiger charge is 2.08. The molecular formula is C16H26N2O2. The molecular weight excluding hydrogens is 252 g/mol. The molecule has 0 spiro atoms. The fourth-order valence-electron chi connectivity index (χ4n) is 1.76. The van der Waals surface area contributed by atoms with Gasteiger partial charge in [0.2, 0.25) is 0 Å². The Bertz CT molecular complexity index is 419. The molecule has 4 heteroatoms. The Balaban J connectivity index is 2.53. The third kappa shape index (κ3) is 6.06. The molecule has 0 saturated carbocycles. The van der Waals surface area contributed by atoms with Crippen LogP contribution < -0.4 is 15.4 Å². The van der Waals surface area contributed by atoms with Crippen molar-refractivity contribution < 1.29 is 9.53 Å². The summed E-state index contributed by atoms with van der Waals surface area (Å²) < 4.78 is 5.63. The molecule has 0 aromatic heterocycles. The first kappa shape index (κ1) is 16.5. The van der Waals surface area contributed by atoms with E-state index in [2.05, 4.69) is 24.5 Å². The summed E-state index contributed by atoms with van der Waals surface area (Å²) in [6, 6.07) is 7.58. The molecule has 0 aliphatic carbocycles. The highest BCUT2D eigenvalue weighted by molar-refractivity contribution is 5.94. The number of carbonyl (C=O) groups excluding carboxylic acids is 1. The highest BCUT2D eigenvalue weighted by atomic mass is 16.5. The zero-order valence-corrected chi connectivity index (χ0v) is 12.9. The van der Waals surface area contributed by atoms with Crippen LogP contribution in [0.5, 0.6) is 5.75 Å². The standard InChI is InChI=1S/C16H26N2O2/c1-5-17-13(4)10-18-16(19)14-7-6-8-15(9-14)20-11-12(2)3/h6-9,12-13,17H,5,10-11H2,1-4H3,(H,18,19)/t13-/m1/s1. The van der Waals surface area contributed by atoms with Crippen LogP contribution in [0.15, 0.2) is 24.3 Å². The molecule has 1 atom stereocenters. The highest BCUT2D eigenvalue weighted by Crippen LogP contribution is 2.14. The molecule has 0 aliphatic rings. The van der Waals surface area contributed by atoms with Crippen molar-refractivity contribution >= 4 is 5.91 Å². The maximum absolute atomic E-state index is 12.0. The van der Waals surface area contributed by atoms with Crippen molar-refractivity contribution in [3.8, 4) is 5.75 Å². The number of rotatable bonds is 8. The van der Waals surface area contributed by atoms with Crippen LogP contribution in [0.3, 0.4) is 0 Å². The fraction of sp³-hybridized carbons (Fsp3) is 0.562. The number of amides is 1. The number of hydrogen-bond acceptors (Lipinski definition) is 3. The topological polar surface area (TPSA) is 50.4 Å². The van der Waals surface area contributed by atoms with Gasteiger partial charge in [-0.1, -0.05) is 26.8 Å². The number of carbonyl (C=O) groups is 1. The lowest BCUT2D eigenvalue weighted by Gasteiger charge is -2.14. The van der Waals surface area contributed by atoms with E-state index >= 15 is 0 Å². The van der Waals surface area contributed by atoms with Crippen molar-refractivity contribution in [1.29, 1.82) is 0 Å².